The molecule has 0 spiro atoms. The summed E-state index contributed by atoms with van der Waals surface area (Å²) in [6, 6.07) is 0. The van der Waals surface area contributed by atoms with E-state index in [1.807, 2.05) is 13.8 Å². The number of thiazole rings is 1. The number of aliphatic hydroxyl groups is 1. The third-order valence-electron chi connectivity index (χ3n) is 2.44. The van der Waals surface area contributed by atoms with Gasteiger partial charge in [-0.1, -0.05) is 13.8 Å². The number of hydrogen-bond acceptors (Lipinski definition) is 6. The van der Waals surface area contributed by atoms with E-state index in [9.17, 15) is 18.3 Å². The van der Waals surface area contributed by atoms with E-state index in [2.05, 4.69) is 15.0 Å². The highest BCUT2D eigenvalue weighted by molar-refractivity contribution is 7.92. The van der Waals surface area contributed by atoms with Crippen molar-refractivity contribution in [2.24, 2.45) is 5.92 Å². The Morgan fingerprint density at radius 3 is 2.71 bits per heavy atom. The molecule has 1 unspecified atom stereocenters. The molecule has 0 saturated carbocycles. The van der Waals surface area contributed by atoms with Crippen LogP contribution in [0.2, 0.25) is 0 Å². The number of carbonyl (C=O) groups is 1. The van der Waals surface area contributed by atoms with Gasteiger partial charge in [-0.2, -0.15) is 0 Å². The lowest BCUT2D eigenvalue weighted by atomic mass is 10.1. The Morgan fingerprint density at radius 1 is 1.48 bits per heavy atom. The number of rotatable bonds is 8. The van der Waals surface area contributed by atoms with Crippen LogP contribution in [0.1, 0.15) is 26.0 Å². The van der Waals surface area contributed by atoms with E-state index in [1.54, 1.807) is 5.38 Å². The van der Waals surface area contributed by atoms with Crippen LogP contribution in [-0.4, -0.2) is 43.3 Å². The lowest BCUT2D eigenvalue weighted by Gasteiger charge is -2.13. The average molecular weight is 335 g/mol. The van der Waals surface area contributed by atoms with E-state index < -0.39 is 16.1 Å². The predicted octanol–water partition coefficient (Wildman–Crippen LogP) is 0.580. The molecule has 1 atom stereocenters. The van der Waals surface area contributed by atoms with Crippen molar-refractivity contribution in [1.29, 1.82) is 0 Å². The molecule has 0 aromatic carbocycles. The molecule has 1 amide bonds. The first-order valence-corrected chi connectivity index (χ1v) is 9.29. The van der Waals surface area contributed by atoms with Crippen molar-refractivity contribution in [1.82, 2.24) is 10.3 Å². The molecule has 1 aromatic heterocycles. The van der Waals surface area contributed by atoms with Gasteiger partial charge in [0.1, 0.15) is 0 Å². The van der Waals surface area contributed by atoms with Gasteiger partial charge in [-0.25, -0.2) is 13.4 Å². The molecule has 1 aromatic rings. The van der Waals surface area contributed by atoms with Crippen LogP contribution >= 0.6 is 11.3 Å². The molecule has 1 heterocycles. The third kappa shape index (κ3) is 7.98. The number of amides is 1. The normalized spacial score (nSPS) is 13.2. The standard InChI is InChI=1S/C12H21N3O4S2/c1-8(2)4-10(16)6-13-11(17)5-9-7-20-12(14-9)15-21(3,18)19/h7-8,10,16H,4-6H2,1-3H3,(H,13,17)(H,14,15). The zero-order chi connectivity index (χ0) is 16.0. The monoisotopic (exact) mass is 335 g/mol. The summed E-state index contributed by atoms with van der Waals surface area (Å²) in [5, 5.41) is 14.2. The van der Waals surface area contributed by atoms with Crippen LogP contribution in [0.5, 0.6) is 0 Å². The van der Waals surface area contributed by atoms with Gasteiger partial charge in [0.15, 0.2) is 5.13 Å². The molecule has 0 fully saturated rings. The first-order chi connectivity index (χ1) is 9.65. The summed E-state index contributed by atoms with van der Waals surface area (Å²) in [5.74, 6) is 0.106. The molecule has 9 heteroatoms. The summed E-state index contributed by atoms with van der Waals surface area (Å²) in [4.78, 5) is 15.7. The van der Waals surface area contributed by atoms with Crippen molar-refractivity contribution in [3.63, 3.8) is 0 Å². The highest BCUT2D eigenvalue weighted by atomic mass is 32.2. The molecule has 0 bridgehead atoms. The largest absolute Gasteiger partial charge is 0.391 e. The zero-order valence-corrected chi connectivity index (χ0v) is 13.9. The van der Waals surface area contributed by atoms with Crippen LogP contribution in [0.25, 0.3) is 0 Å². The van der Waals surface area contributed by atoms with Gasteiger partial charge < -0.3 is 10.4 Å². The zero-order valence-electron chi connectivity index (χ0n) is 12.3. The highest BCUT2D eigenvalue weighted by Crippen LogP contribution is 2.16. The van der Waals surface area contributed by atoms with E-state index in [1.165, 1.54) is 0 Å². The third-order valence-corrected chi connectivity index (χ3v) is 3.94. The van der Waals surface area contributed by atoms with Crippen molar-refractivity contribution in [2.75, 3.05) is 17.5 Å². The Balaban J connectivity index is 2.41. The van der Waals surface area contributed by atoms with Gasteiger partial charge in [0.05, 0.1) is 24.5 Å². The minimum absolute atomic E-state index is 0.0519. The molecular weight excluding hydrogens is 314 g/mol. The molecule has 7 nitrogen and oxygen atoms in total. The quantitative estimate of drug-likeness (QED) is 0.644. The van der Waals surface area contributed by atoms with Crippen LogP contribution < -0.4 is 10.0 Å². The summed E-state index contributed by atoms with van der Waals surface area (Å²) >= 11 is 1.12. The summed E-state index contributed by atoms with van der Waals surface area (Å²) < 4.78 is 24.3. The fourth-order valence-corrected chi connectivity index (χ4v) is 3.24. The highest BCUT2D eigenvalue weighted by Gasteiger charge is 2.12. The lowest BCUT2D eigenvalue weighted by molar-refractivity contribution is -0.121. The Bertz CT molecular complexity index is 569. The molecule has 0 radical (unpaired) electrons. The summed E-state index contributed by atoms with van der Waals surface area (Å²) in [6.45, 7) is 4.20. The summed E-state index contributed by atoms with van der Waals surface area (Å²) in [5.41, 5.74) is 0.488. The fourth-order valence-electron chi connectivity index (χ4n) is 1.68. The lowest BCUT2D eigenvalue weighted by Crippen LogP contribution is -2.33. The second-order valence-corrected chi connectivity index (χ2v) is 7.89. The molecule has 0 aliphatic rings. The maximum absolute atomic E-state index is 11.7. The summed E-state index contributed by atoms with van der Waals surface area (Å²) in [6.07, 6.45) is 1.15. The first kappa shape index (κ1) is 17.9. The van der Waals surface area contributed by atoms with Crippen molar-refractivity contribution in [3.8, 4) is 0 Å². The molecule has 1 rings (SSSR count). The fraction of sp³-hybridized carbons (Fsp3) is 0.667. The van der Waals surface area contributed by atoms with E-state index in [-0.39, 0.29) is 24.0 Å². The molecule has 0 saturated heterocycles. The number of sulfonamides is 1. The van der Waals surface area contributed by atoms with Gasteiger partial charge >= 0.3 is 0 Å². The van der Waals surface area contributed by atoms with Crippen LogP contribution in [0.15, 0.2) is 5.38 Å². The van der Waals surface area contributed by atoms with E-state index >= 15 is 0 Å². The maximum atomic E-state index is 11.7. The minimum Gasteiger partial charge on any atom is -0.391 e. The van der Waals surface area contributed by atoms with Gasteiger partial charge in [0.2, 0.25) is 15.9 Å². The van der Waals surface area contributed by atoms with E-state index in [0.717, 1.165) is 17.6 Å². The first-order valence-electron chi connectivity index (χ1n) is 6.52. The van der Waals surface area contributed by atoms with E-state index in [4.69, 9.17) is 0 Å². The van der Waals surface area contributed by atoms with Crippen LogP contribution in [0.3, 0.4) is 0 Å². The number of aromatic nitrogens is 1. The number of nitrogens with one attached hydrogen (secondary N) is 2. The minimum atomic E-state index is -3.36. The number of anilines is 1. The number of hydrogen-bond donors (Lipinski definition) is 3. The number of nitrogens with zero attached hydrogens (tertiary/aromatic N) is 1. The van der Waals surface area contributed by atoms with Gasteiger partial charge in [0.25, 0.3) is 0 Å². The SMILES string of the molecule is CC(C)CC(O)CNC(=O)Cc1csc(NS(C)(=O)=O)n1. The van der Waals surface area contributed by atoms with Gasteiger partial charge in [-0.05, 0) is 12.3 Å². The van der Waals surface area contributed by atoms with E-state index in [0.29, 0.717) is 18.0 Å². The van der Waals surface area contributed by atoms with Crippen LogP contribution in [0.4, 0.5) is 5.13 Å². The predicted molar refractivity (Wildman–Crippen MR) is 82.8 cm³/mol. The maximum Gasteiger partial charge on any atom is 0.231 e. The Morgan fingerprint density at radius 2 is 2.14 bits per heavy atom. The molecule has 0 aliphatic carbocycles. The molecular formula is C12H21N3O4S2. The second-order valence-electron chi connectivity index (χ2n) is 5.28. The molecule has 120 valence electrons. The molecule has 0 aliphatic heterocycles. The van der Waals surface area contributed by atoms with Crippen LogP contribution in [0, 0.1) is 5.92 Å². The van der Waals surface area contributed by atoms with Gasteiger partial charge in [0, 0.05) is 11.9 Å². The summed E-state index contributed by atoms with van der Waals surface area (Å²) in [7, 11) is -3.36. The Hall–Kier alpha value is -1.19. The number of carbonyl (C=O) groups excluding carboxylic acids is 1. The number of aliphatic hydroxyl groups excluding tert-OH is 1. The van der Waals surface area contributed by atoms with Crippen molar-refractivity contribution in [2.45, 2.75) is 32.8 Å². The van der Waals surface area contributed by atoms with Crippen LogP contribution in [-0.2, 0) is 21.2 Å². The van der Waals surface area contributed by atoms with Crippen molar-refractivity contribution >= 4 is 32.4 Å². The van der Waals surface area contributed by atoms with Crippen molar-refractivity contribution in [3.05, 3.63) is 11.1 Å². The molecule has 21 heavy (non-hydrogen) atoms. The van der Waals surface area contributed by atoms with Gasteiger partial charge in [-0.3, -0.25) is 9.52 Å². The van der Waals surface area contributed by atoms with Gasteiger partial charge in [-0.15, -0.1) is 11.3 Å². The smallest absolute Gasteiger partial charge is 0.231 e. The molecule has 3 N–H and O–H groups in total. The second kappa shape index (κ2) is 7.71. The average Bonchev–Trinajstić information content (AvgIpc) is 2.70. The Kier molecular flexibility index (Phi) is 6.56. The topological polar surface area (TPSA) is 108 Å². The Labute approximate surface area is 128 Å². The van der Waals surface area contributed by atoms with Crippen molar-refractivity contribution < 1.29 is 18.3 Å².